The van der Waals surface area contributed by atoms with Gasteiger partial charge >= 0.3 is 5.97 Å². The third-order valence-corrected chi connectivity index (χ3v) is 3.75. The summed E-state index contributed by atoms with van der Waals surface area (Å²) in [5, 5.41) is 5.84. The Bertz CT molecular complexity index is 862. The molecule has 24 heavy (non-hydrogen) atoms. The highest BCUT2D eigenvalue weighted by Crippen LogP contribution is 2.20. The number of halogens is 1. The van der Waals surface area contributed by atoms with Crippen molar-refractivity contribution in [1.29, 1.82) is 0 Å². The van der Waals surface area contributed by atoms with Crippen LogP contribution in [0.5, 0.6) is 5.75 Å². The predicted molar refractivity (Wildman–Crippen MR) is 94.7 cm³/mol. The number of carbonyl (C=O) groups is 2. The Hall–Kier alpha value is -2.70. The number of hydrogen-bond acceptors (Lipinski definition) is 4. The van der Waals surface area contributed by atoms with Gasteiger partial charge in [-0.3, -0.25) is 10.1 Å². The van der Waals surface area contributed by atoms with Crippen LogP contribution in [0.4, 0.5) is 0 Å². The minimum absolute atomic E-state index is 0.275. The van der Waals surface area contributed by atoms with Crippen LogP contribution < -0.4 is 15.4 Å². The number of amides is 1. The van der Waals surface area contributed by atoms with E-state index < -0.39 is 5.97 Å². The lowest BCUT2D eigenvalue weighted by Gasteiger charge is -2.06. The van der Waals surface area contributed by atoms with E-state index in [0.717, 1.165) is 5.56 Å². The Morgan fingerprint density at radius 1 is 1.08 bits per heavy atom. The molecule has 120 valence electrons. The van der Waals surface area contributed by atoms with Crippen LogP contribution in [0.25, 0.3) is 6.08 Å². The van der Waals surface area contributed by atoms with Crippen molar-refractivity contribution in [3.63, 3.8) is 0 Å². The van der Waals surface area contributed by atoms with Gasteiger partial charge in [0.1, 0.15) is 11.4 Å². The van der Waals surface area contributed by atoms with Crippen molar-refractivity contribution in [2.24, 2.45) is 0 Å². The Kier molecular flexibility index (Phi) is 4.59. The van der Waals surface area contributed by atoms with Crippen LogP contribution in [0.3, 0.4) is 0 Å². The first-order valence-electron chi connectivity index (χ1n) is 6.94. The smallest absolute Gasteiger partial charge is 0.345 e. The van der Waals surface area contributed by atoms with Gasteiger partial charge < -0.3 is 10.1 Å². The molecule has 2 N–H and O–H groups in total. The van der Waals surface area contributed by atoms with Gasteiger partial charge in [-0.15, -0.1) is 0 Å². The van der Waals surface area contributed by atoms with Crippen LogP contribution in [0.1, 0.15) is 15.9 Å². The maximum atomic E-state index is 12.1. The largest absolute Gasteiger partial charge is 0.423 e. The maximum Gasteiger partial charge on any atom is 0.345 e. The van der Waals surface area contributed by atoms with E-state index in [9.17, 15) is 9.59 Å². The quantitative estimate of drug-likeness (QED) is 0.382. The van der Waals surface area contributed by atoms with Crippen LogP contribution in [-0.4, -0.2) is 17.0 Å². The van der Waals surface area contributed by atoms with Crippen LogP contribution in [-0.2, 0) is 4.79 Å². The van der Waals surface area contributed by atoms with Crippen molar-refractivity contribution in [1.82, 2.24) is 10.6 Å². The lowest BCUT2D eigenvalue weighted by Crippen LogP contribution is -2.21. The van der Waals surface area contributed by atoms with Gasteiger partial charge in [0.15, 0.2) is 5.11 Å². The summed E-state index contributed by atoms with van der Waals surface area (Å²) in [6.45, 7) is 0. The number of carbonyl (C=O) groups excluding carboxylic acids is 2. The van der Waals surface area contributed by atoms with Crippen molar-refractivity contribution in [2.45, 2.75) is 0 Å². The molecular formula is C17H11ClN2O3S. The van der Waals surface area contributed by atoms with E-state index in [1.165, 1.54) is 0 Å². The molecule has 1 amide bonds. The summed E-state index contributed by atoms with van der Waals surface area (Å²) < 4.78 is 5.28. The first kappa shape index (κ1) is 16.2. The standard InChI is InChI=1S/C17H11ClN2O3S/c18-13-4-2-1-3-12(13)16(22)23-11-7-5-10(6-8-11)9-14-15(21)20-17(24)19-14/h1-9H,(H2,19,20,21,24)/b14-9+. The minimum atomic E-state index is -0.533. The highest BCUT2D eigenvalue weighted by Gasteiger charge is 2.19. The van der Waals surface area contributed by atoms with Gasteiger partial charge in [0.05, 0.1) is 10.6 Å². The van der Waals surface area contributed by atoms with Crippen molar-refractivity contribution >= 4 is 46.9 Å². The second kappa shape index (κ2) is 6.82. The van der Waals surface area contributed by atoms with Gasteiger partial charge in [-0.1, -0.05) is 35.9 Å². The highest BCUT2D eigenvalue weighted by atomic mass is 35.5. The third-order valence-electron chi connectivity index (χ3n) is 3.22. The molecule has 0 spiro atoms. The fourth-order valence-electron chi connectivity index (χ4n) is 2.07. The number of hydrogen-bond donors (Lipinski definition) is 2. The molecule has 0 aromatic heterocycles. The molecule has 1 fully saturated rings. The van der Waals surface area contributed by atoms with E-state index in [0.29, 0.717) is 22.0 Å². The summed E-state index contributed by atoms with van der Waals surface area (Å²) in [6.07, 6.45) is 1.65. The van der Waals surface area contributed by atoms with Crippen LogP contribution in [0, 0.1) is 0 Å². The summed E-state index contributed by atoms with van der Waals surface area (Å²) in [6, 6.07) is 13.4. The summed E-state index contributed by atoms with van der Waals surface area (Å²) in [5.41, 5.74) is 1.42. The molecule has 1 aliphatic heterocycles. The molecule has 7 heteroatoms. The first-order valence-corrected chi connectivity index (χ1v) is 7.72. The molecule has 2 aromatic rings. The molecule has 0 bridgehead atoms. The van der Waals surface area contributed by atoms with Crippen LogP contribution >= 0.6 is 23.8 Å². The molecule has 1 saturated heterocycles. The Morgan fingerprint density at radius 3 is 2.42 bits per heavy atom. The summed E-state index contributed by atoms with van der Waals surface area (Å²) >= 11 is 10.8. The number of thiocarbonyl (C=S) groups is 1. The normalized spacial score (nSPS) is 15.1. The van der Waals surface area contributed by atoms with Gasteiger partial charge in [0.25, 0.3) is 5.91 Å². The molecule has 1 aliphatic rings. The van der Waals surface area contributed by atoms with Crippen molar-refractivity contribution in [2.75, 3.05) is 0 Å². The van der Waals surface area contributed by atoms with Gasteiger partial charge in [-0.2, -0.15) is 0 Å². The number of ether oxygens (including phenoxy) is 1. The lowest BCUT2D eigenvalue weighted by molar-refractivity contribution is -0.115. The Balaban J connectivity index is 1.72. The molecule has 3 rings (SSSR count). The summed E-state index contributed by atoms with van der Waals surface area (Å²) in [7, 11) is 0. The molecular weight excluding hydrogens is 348 g/mol. The van der Waals surface area contributed by atoms with Crippen molar-refractivity contribution in [3.8, 4) is 5.75 Å². The molecule has 0 atom stereocenters. The molecule has 2 aromatic carbocycles. The minimum Gasteiger partial charge on any atom is -0.423 e. The highest BCUT2D eigenvalue weighted by molar-refractivity contribution is 7.80. The second-order valence-corrected chi connectivity index (χ2v) is 5.72. The average molecular weight is 359 g/mol. The van der Waals surface area contributed by atoms with Crippen molar-refractivity contribution in [3.05, 3.63) is 70.4 Å². The third kappa shape index (κ3) is 3.61. The second-order valence-electron chi connectivity index (χ2n) is 4.90. The SMILES string of the molecule is O=C1NC(=S)N/C1=C/c1ccc(OC(=O)c2ccccc2Cl)cc1. The first-order chi connectivity index (χ1) is 11.5. The maximum absolute atomic E-state index is 12.1. The van der Waals surface area contributed by atoms with Gasteiger partial charge in [0, 0.05) is 0 Å². The zero-order chi connectivity index (χ0) is 17.1. The van der Waals surface area contributed by atoms with Crippen LogP contribution in [0.15, 0.2) is 54.2 Å². The molecule has 1 heterocycles. The predicted octanol–water partition coefficient (Wildman–Crippen LogP) is 2.90. The number of nitrogens with one attached hydrogen (secondary N) is 2. The monoisotopic (exact) mass is 358 g/mol. The van der Waals surface area contributed by atoms with E-state index >= 15 is 0 Å². The van der Waals surface area contributed by atoms with E-state index in [2.05, 4.69) is 10.6 Å². The van der Waals surface area contributed by atoms with E-state index in [4.69, 9.17) is 28.6 Å². The summed E-state index contributed by atoms with van der Waals surface area (Å²) in [5.74, 6) is -0.440. The molecule has 0 saturated carbocycles. The van der Waals surface area contributed by atoms with Gasteiger partial charge in [0.2, 0.25) is 0 Å². The Labute approximate surface area is 148 Å². The van der Waals surface area contributed by atoms with Crippen LogP contribution in [0.2, 0.25) is 5.02 Å². The van der Waals surface area contributed by atoms with E-state index in [1.54, 1.807) is 54.6 Å². The summed E-state index contributed by atoms with van der Waals surface area (Å²) in [4.78, 5) is 23.7. The van der Waals surface area contributed by atoms with E-state index in [-0.39, 0.29) is 11.0 Å². The number of benzene rings is 2. The molecule has 0 radical (unpaired) electrons. The van der Waals surface area contributed by atoms with E-state index in [1.807, 2.05) is 0 Å². The topological polar surface area (TPSA) is 67.4 Å². The number of esters is 1. The Morgan fingerprint density at radius 2 is 1.79 bits per heavy atom. The zero-order valence-corrected chi connectivity index (χ0v) is 13.8. The van der Waals surface area contributed by atoms with Crippen molar-refractivity contribution < 1.29 is 14.3 Å². The number of rotatable bonds is 3. The molecule has 5 nitrogen and oxygen atoms in total. The fourth-order valence-corrected chi connectivity index (χ4v) is 2.49. The van der Waals surface area contributed by atoms with Gasteiger partial charge in [-0.25, -0.2) is 4.79 Å². The average Bonchev–Trinajstić information content (AvgIpc) is 2.87. The zero-order valence-electron chi connectivity index (χ0n) is 12.2. The molecule has 0 unspecified atom stereocenters. The van der Waals surface area contributed by atoms with Gasteiger partial charge in [-0.05, 0) is 48.1 Å². The lowest BCUT2D eigenvalue weighted by atomic mass is 10.2. The fraction of sp³-hybridized carbons (Fsp3) is 0. The molecule has 0 aliphatic carbocycles.